The van der Waals surface area contributed by atoms with Gasteiger partial charge >= 0.3 is 0 Å². The molecule has 2 aromatic rings. The third kappa shape index (κ3) is 6.46. The van der Waals surface area contributed by atoms with Crippen LogP contribution in [0.25, 0.3) is 0 Å². The summed E-state index contributed by atoms with van der Waals surface area (Å²) in [5, 5.41) is 0. The maximum atomic E-state index is 13.2. The van der Waals surface area contributed by atoms with Crippen molar-refractivity contribution in [3.05, 3.63) is 71.8 Å². The number of carbonyl (C=O) groups is 3. The first kappa shape index (κ1) is 24.0. The summed E-state index contributed by atoms with van der Waals surface area (Å²) in [5.41, 5.74) is 2.26. The Hall–Kier alpha value is -3.15. The second-order valence-corrected chi connectivity index (χ2v) is 9.39. The summed E-state index contributed by atoms with van der Waals surface area (Å²) in [6.45, 7) is 3.58. The molecule has 2 fully saturated rings. The molecule has 0 aliphatic carbocycles. The fourth-order valence-electron chi connectivity index (χ4n) is 4.97. The zero-order chi connectivity index (χ0) is 23.8. The summed E-state index contributed by atoms with van der Waals surface area (Å²) in [7, 11) is 0. The molecule has 3 amide bonds. The quantitative estimate of drug-likeness (QED) is 0.636. The standard InChI is InChI=1S/C28H35N3O3/c32-26(15-7-13-23-9-3-1-4-10-23)29-17-19-30(20-18-29)28(34)25-14-8-16-31(22-25)27(33)21-24-11-5-2-6-12-24/h1-6,9-12,25H,7-8,13-22H2. The van der Waals surface area contributed by atoms with Gasteiger partial charge in [-0.3, -0.25) is 14.4 Å². The number of aryl methyl sites for hydroxylation is 1. The van der Waals surface area contributed by atoms with Gasteiger partial charge in [-0.05, 0) is 36.8 Å². The first-order valence-electron chi connectivity index (χ1n) is 12.5. The molecule has 2 aromatic carbocycles. The van der Waals surface area contributed by atoms with Crippen LogP contribution in [0.5, 0.6) is 0 Å². The second kappa shape index (κ2) is 11.8. The summed E-state index contributed by atoms with van der Waals surface area (Å²) >= 11 is 0. The number of hydrogen-bond donors (Lipinski definition) is 0. The Morgan fingerprint density at radius 3 is 2.00 bits per heavy atom. The molecule has 0 saturated carbocycles. The third-order valence-electron chi connectivity index (χ3n) is 6.96. The predicted molar refractivity (Wildman–Crippen MR) is 132 cm³/mol. The SMILES string of the molecule is O=C(CCCc1ccccc1)N1CCN(C(=O)C2CCCN(C(=O)Cc3ccccc3)C2)CC1. The molecule has 4 rings (SSSR count). The Labute approximate surface area is 202 Å². The molecule has 6 heteroatoms. The van der Waals surface area contributed by atoms with E-state index in [4.69, 9.17) is 0 Å². The normalized spacial score (nSPS) is 18.6. The van der Waals surface area contributed by atoms with Gasteiger partial charge in [0, 0.05) is 45.7 Å². The summed E-state index contributed by atoms with van der Waals surface area (Å²) < 4.78 is 0. The number of nitrogens with zero attached hydrogens (tertiary/aromatic N) is 3. The van der Waals surface area contributed by atoms with E-state index >= 15 is 0 Å². The maximum absolute atomic E-state index is 13.2. The van der Waals surface area contributed by atoms with Crippen LogP contribution in [0.3, 0.4) is 0 Å². The van der Waals surface area contributed by atoms with Gasteiger partial charge in [-0.15, -0.1) is 0 Å². The highest BCUT2D eigenvalue weighted by Crippen LogP contribution is 2.21. The van der Waals surface area contributed by atoms with Crippen LogP contribution in [0, 0.1) is 5.92 Å². The zero-order valence-corrected chi connectivity index (χ0v) is 19.9. The van der Waals surface area contributed by atoms with E-state index in [-0.39, 0.29) is 23.6 Å². The molecular formula is C28H35N3O3. The van der Waals surface area contributed by atoms with Crippen molar-refractivity contribution in [2.24, 2.45) is 5.92 Å². The summed E-state index contributed by atoms with van der Waals surface area (Å²) in [4.78, 5) is 44.2. The lowest BCUT2D eigenvalue weighted by Gasteiger charge is -2.39. The number of benzene rings is 2. The Balaban J connectivity index is 1.20. The number of piperazine rings is 1. The minimum atomic E-state index is -0.137. The third-order valence-corrected chi connectivity index (χ3v) is 6.96. The lowest BCUT2D eigenvalue weighted by atomic mass is 9.95. The van der Waals surface area contributed by atoms with Crippen molar-refractivity contribution in [2.75, 3.05) is 39.3 Å². The van der Waals surface area contributed by atoms with Crippen molar-refractivity contribution >= 4 is 17.7 Å². The van der Waals surface area contributed by atoms with E-state index in [9.17, 15) is 14.4 Å². The minimum absolute atomic E-state index is 0.0922. The smallest absolute Gasteiger partial charge is 0.227 e. The number of carbonyl (C=O) groups excluding carboxylic acids is 3. The van der Waals surface area contributed by atoms with Gasteiger partial charge in [0.25, 0.3) is 0 Å². The van der Waals surface area contributed by atoms with E-state index in [1.807, 2.05) is 63.2 Å². The van der Waals surface area contributed by atoms with Crippen LogP contribution in [0.1, 0.15) is 36.8 Å². The van der Waals surface area contributed by atoms with Crippen molar-refractivity contribution in [2.45, 2.75) is 38.5 Å². The van der Waals surface area contributed by atoms with Crippen molar-refractivity contribution < 1.29 is 14.4 Å². The molecule has 6 nitrogen and oxygen atoms in total. The van der Waals surface area contributed by atoms with Crippen molar-refractivity contribution in [1.29, 1.82) is 0 Å². The van der Waals surface area contributed by atoms with Gasteiger partial charge in [-0.1, -0.05) is 60.7 Å². The number of hydrogen-bond acceptors (Lipinski definition) is 3. The second-order valence-electron chi connectivity index (χ2n) is 9.39. The average Bonchev–Trinajstić information content (AvgIpc) is 2.89. The first-order chi connectivity index (χ1) is 16.6. The van der Waals surface area contributed by atoms with Crippen LogP contribution in [-0.2, 0) is 27.2 Å². The predicted octanol–water partition coefficient (Wildman–Crippen LogP) is 3.16. The first-order valence-corrected chi connectivity index (χ1v) is 12.5. The Bertz CT molecular complexity index is 955. The highest BCUT2D eigenvalue weighted by atomic mass is 16.2. The molecule has 180 valence electrons. The molecule has 1 unspecified atom stereocenters. The zero-order valence-electron chi connectivity index (χ0n) is 19.9. The molecule has 0 aromatic heterocycles. The van der Waals surface area contributed by atoms with Crippen molar-refractivity contribution in [3.63, 3.8) is 0 Å². The summed E-state index contributed by atoms with van der Waals surface area (Å²) in [5.74, 6) is 0.267. The lowest BCUT2D eigenvalue weighted by Crippen LogP contribution is -2.54. The van der Waals surface area contributed by atoms with E-state index in [1.54, 1.807) is 0 Å². The van der Waals surface area contributed by atoms with Crippen molar-refractivity contribution in [1.82, 2.24) is 14.7 Å². The molecule has 2 heterocycles. The van der Waals surface area contributed by atoms with Gasteiger partial charge in [0.2, 0.25) is 17.7 Å². The summed E-state index contributed by atoms with van der Waals surface area (Å²) in [6.07, 6.45) is 4.36. The fourth-order valence-corrected chi connectivity index (χ4v) is 4.97. The Kier molecular flexibility index (Phi) is 8.34. The Morgan fingerprint density at radius 2 is 1.32 bits per heavy atom. The van der Waals surface area contributed by atoms with Crippen molar-refractivity contribution in [3.8, 4) is 0 Å². The molecule has 0 N–H and O–H groups in total. The molecule has 1 atom stereocenters. The molecule has 2 saturated heterocycles. The van der Waals surface area contributed by atoms with Crippen LogP contribution in [0.15, 0.2) is 60.7 Å². The molecule has 0 radical (unpaired) electrons. The van der Waals surface area contributed by atoms with E-state index in [2.05, 4.69) is 12.1 Å². The molecule has 34 heavy (non-hydrogen) atoms. The molecule has 2 aliphatic heterocycles. The van der Waals surface area contributed by atoms with Gasteiger partial charge in [0.05, 0.1) is 12.3 Å². The van der Waals surface area contributed by atoms with Crippen LogP contribution in [-0.4, -0.2) is 71.7 Å². The number of likely N-dealkylation sites (tertiary alicyclic amines) is 1. The largest absolute Gasteiger partial charge is 0.342 e. The van der Waals surface area contributed by atoms with Gasteiger partial charge < -0.3 is 14.7 Å². The van der Waals surface area contributed by atoms with Crippen LogP contribution in [0.2, 0.25) is 0 Å². The number of amides is 3. The highest BCUT2D eigenvalue weighted by molar-refractivity contribution is 5.83. The monoisotopic (exact) mass is 461 g/mol. The Morgan fingerprint density at radius 1 is 0.706 bits per heavy atom. The van der Waals surface area contributed by atoms with E-state index in [0.717, 1.165) is 37.8 Å². The minimum Gasteiger partial charge on any atom is -0.342 e. The van der Waals surface area contributed by atoms with Crippen LogP contribution >= 0.6 is 0 Å². The molecule has 0 bridgehead atoms. The maximum Gasteiger partial charge on any atom is 0.227 e. The number of rotatable bonds is 7. The molecule has 2 aliphatic rings. The molecular weight excluding hydrogens is 426 g/mol. The van der Waals surface area contributed by atoms with Gasteiger partial charge in [-0.2, -0.15) is 0 Å². The van der Waals surface area contributed by atoms with Gasteiger partial charge in [0.1, 0.15) is 0 Å². The lowest BCUT2D eigenvalue weighted by molar-refractivity contribution is -0.145. The van der Waals surface area contributed by atoms with E-state index in [1.165, 1.54) is 5.56 Å². The van der Waals surface area contributed by atoms with Crippen LogP contribution < -0.4 is 0 Å². The van der Waals surface area contributed by atoms with E-state index < -0.39 is 0 Å². The molecule has 0 spiro atoms. The van der Waals surface area contributed by atoms with Crippen LogP contribution in [0.4, 0.5) is 0 Å². The number of piperidine rings is 1. The average molecular weight is 462 g/mol. The van der Waals surface area contributed by atoms with Gasteiger partial charge in [0.15, 0.2) is 0 Å². The topological polar surface area (TPSA) is 60.9 Å². The van der Waals surface area contributed by atoms with Gasteiger partial charge in [-0.25, -0.2) is 0 Å². The van der Waals surface area contributed by atoms with E-state index in [0.29, 0.717) is 45.6 Å². The summed E-state index contributed by atoms with van der Waals surface area (Å²) in [6, 6.07) is 20.0. The highest BCUT2D eigenvalue weighted by Gasteiger charge is 2.33. The fraction of sp³-hybridized carbons (Fsp3) is 0.464.